The molecule has 2 aliphatic carbocycles. The molecule has 2 fully saturated rings. The second kappa shape index (κ2) is 9.34. The summed E-state index contributed by atoms with van der Waals surface area (Å²) >= 11 is 0. The van der Waals surface area contributed by atoms with Crippen LogP contribution in [0, 0.1) is 0 Å². The molecule has 1 aliphatic heterocycles. The van der Waals surface area contributed by atoms with Crippen molar-refractivity contribution in [1.29, 1.82) is 0 Å². The maximum Gasteiger partial charge on any atom is 0.407 e. The van der Waals surface area contributed by atoms with E-state index in [0.29, 0.717) is 12.8 Å². The molecule has 0 radical (unpaired) electrons. The maximum absolute atomic E-state index is 12.8. The van der Waals surface area contributed by atoms with Gasteiger partial charge in [-0.15, -0.1) is 0 Å². The lowest BCUT2D eigenvalue weighted by Gasteiger charge is -2.42. The summed E-state index contributed by atoms with van der Waals surface area (Å²) in [5.41, 5.74) is 2.56. The van der Waals surface area contributed by atoms with Crippen LogP contribution in [0.5, 0.6) is 0 Å². The first kappa shape index (κ1) is 23.4. The Labute approximate surface area is 204 Å². The Morgan fingerprint density at radius 1 is 0.914 bits per heavy atom. The SMILES string of the molecule is O=C(CC1(NC(=O)OCC2c3ccccc3-c3ccccc32)CCC1)NC1(C(=O)O)CCOCC1. The number of benzene rings is 2. The maximum atomic E-state index is 12.8. The minimum absolute atomic E-state index is 0.0209. The molecular weight excluding hydrogens is 448 g/mol. The smallest absolute Gasteiger partial charge is 0.407 e. The summed E-state index contributed by atoms with van der Waals surface area (Å²) in [6.07, 6.45) is 2.09. The number of ether oxygens (including phenoxy) is 2. The highest BCUT2D eigenvalue weighted by atomic mass is 16.5. The van der Waals surface area contributed by atoms with Gasteiger partial charge in [-0.1, -0.05) is 48.5 Å². The third kappa shape index (κ3) is 4.50. The molecule has 3 aliphatic rings. The number of rotatable bonds is 7. The van der Waals surface area contributed by atoms with Gasteiger partial charge in [0.05, 0.1) is 5.54 Å². The first-order valence-corrected chi connectivity index (χ1v) is 12.2. The van der Waals surface area contributed by atoms with Crippen LogP contribution in [0.4, 0.5) is 4.79 Å². The van der Waals surface area contributed by atoms with E-state index in [1.54, 1.807) is 0 Å². The van der Waals surface area contributed by atoms with Crippen molar-refractivity contribution in [2.45, 2.75) is 55.5 Å². The minimum atomic E-state index is -1.32. The molecule has 0 atom stereocenters. The van der Waals surface area contributed by atoms with E-state index >= 15 is 0 Å². The second-order valence-corrected chi connectivity index (χ2v) is 9.81. The summed E-state index contributed by atoms with van der Waals surface area (Å²) in [6, 6.07) is 16.3. The Bertz CT molecular complexity index is 1090. The summed E-state index contributed by atoms with van der Waals surface area (Å²) in [7, 11) is 0. The number of nitrogens with one attached hydrogen (secondary N) is 2. The number of carbonyl (C=O) groups excluding carboxylic acids is 2. The van der Waals surface area contributed by atoms with Gasteiger partial charge in [0.15, 0.2) is 0 Å². The molecule has 1 saturated carbocycles. The molecule has 0 unspecified atom stereocenters. The van der Waals surface area contributed by atoms with Gasteiger partial charge in [0.2, 0.25) is 5.91 Å². The minimum Gasteiger partial charge on any atom is -0.480 e. The molecule has 0 aromatic heterocycles. The fourth-order valence-corrected chi connectivity index (χ4v) is 5.53. The third-order valence-corrected chi connectivity index (χ3v) is 7.65. The molecule has 8 nitrogen and oxygen atoms in total. The lowest BCUT2D eigenvalue weighted by molar-refractivity contribution is -0.152. The zero-order valence-electron chi connectivity index (χ0n) is 19.5. The van der Waals surface area contributed by atoms with Crippen molar-refractivity contribution in [1.82, 2.24) is 10.6 Å². The van der Waals surface area contributed by atoms with Crippen molar-refractivity contribution in [3.05, 3.63) is 59.7 Å². The summed E-state index contributed by atoms with van der Waals surface area (Å²) in [4.78, 5) is 37.5. The third-order valence-electron chi connectivity index (χ3n) is 7.65. The normalized spacial score (nSPS) is 19.5. The Morgan fingerprint density at radius 3 is 2.06 bits per heavy atom. The second-order valence-electron chi connectivity index (χ2n) is 9.81. The van der Waals surface area contributed by atoms with E-state index in [-0.39, 0.29) is 50.9 Å². The van der Waals surface area contributed by atoms with Crippen LogP contribution >= 0.6 is 0 Å². The molecule has 2 aromatic carbocycles. The lowest BCUT2D eigenvalue weighted by Crippen LogP contribution is -2.61. The fourth-order valence-electron chi connectivity index (χ4n) is 5.53. The number of hydrogen-bond donors (Lipinski definition) is 3. The van der Waals surface area contributed by atoms with Gasteiger partial charge in [-0.05, 0) is 41.5 Å². The van der Waals surface area contributed by atoms with Crippen LogP contribution in [0.25, 0.3) is 11.1 Å². The quantitative estimate of drug-likeness (QED) is 0.561. The molecular formula is C27H30N2O6. The zero-order valence-corrected chi connectivity index (χ0v) is 19.5. The predicted octanol–water partition coefficient (Wildman–Crippen LogP) is 3.59. The first-order valence-electron chi connectivity index (χ1n) is 12.2. The topological polar surface area (TPSA) is 114 Å². The predicted molar refractivity (Wildman–Crippen MR) is 128 cm³/mol. The van der Waals surface area contributed by atoms with E-state index < -0.39 is 23.1 Å². The number of carbonyl (C=O) groups is 3. The van der Waals surface area contributed by atoms with Gasteiger partial charge in [0.25, 0.3) is 0 Å². The highest BCUT2D eigenvalue weighted by molar-refractivity contribution is 5.88. The molecule has 2 amide bonds. The molecule has 8 heteroatoms. The van der Waals surface area contributed by atoms with Crippen LogP contribution in [0.3, 0.4) is 0 Å². The van der Waals surface area contributed by atoms with Crippen molar-refractivity contribution in [3.63, 3.8) is 0 Å². The van der Waals surface area contributed by atoms with Gasteiger partial charge in [-0.3, -0.25) is 4.79 Å². The average Bonchev–Trinajstić information content (AvgIpc) is 3.15. The number of aliphatic carboxylic acids is 1. The molecule has 0 bridgehead atoms. The summed E-state index contributed by atoms with van der Waals surface area (Å²) in [5, 5.41) is 15.3. The van der Waals surface area contributed by atoms with Gasteiger partial charge in [-0.25, -0.2) is 9.59 Å². The highest BCUT2D eigenvalue weighted by Crippen LogP contribution is 2.44. The number of fused-ring (bicyclic) bond motifs is 3. The van der Waals surface area contributed by atoms with Crippen molar-refractivity contribution in [2.75, 3.05) is 19.8 Å². The van der Waals surface area contributed by atoms with Crippen LogP contribution in [0.2, 0.25) is 0 Å². The van der Waals surface area contributed by atoms with E-state index in [4.69, 9.17) is 9.47 Å². The molecule has 1 heterocycles. The van der Waals surface area contributed by atoms with Crippen molar-refractivity contribution in [3.8, 4) is 11.1 Å². The van der Waals surface area contributed by atoms with Crippen LogP contribution in [-0.2, 0) is 19.1 Å². The summed E-state index contributed by atoms with van der Waals surface area (Å²) in [6.45, 7) is 0.774. The average molecular weight is 479 g/mol. The molecule has 0 spiro atoms. The van der Waals surface area contributed by atoms with Crippen LogP contribution in [-0.4, -0.2) is 54.0 Å². The van der Waals surface area contributed by atoms with Crippen LogP contribution < -0.4 is 10.6 Å². The number of carboxylic acid groups (broad SMARTS) is 1. The van der Waals surface area contributed by atoms with Crippen molar-refractivity contribution < 1.29 is 29.0 Å². The Balaban J connectivity index is 1.21. The zero-order chi connectivity index (χ0) is 24.5. The highest BCUT2D eigenvalue weighted by Gasteiger charge is 2.45. The van der Waals surface area contributed by atoms with Gasteiger partial charge in [0, 0.05) is 38.4 Å². The summed E-state index contributed by atoms with van der Waals surface area (Å²) < 4.78 is 10.9. The number of carboxylic acids is 1. The molecule has 3 N–H and O–H groups in total. The van der Waals surface area contributed by atoms with E-state index in [1.165, 1.54) is 0 Å². The van der Waals surface area contributed by atoms with Crippen LogP contribution in [0.15, 0.2) is 48.5 Å². The van der Waals surface area contributed by atoms with Gasteiger partial charge in [0.1, 0.15) is 12.1 Å². The van der Waals surface area contributed by atoms with E-state index in [2.05, 4.69) is 34.9 Å². The van der Waals surface area contributed by atoms with E-state index in [1.807, 2.05) is 24.3 Å². The molecule has 184 valence electrons. The number of amides is 2. The number of hydrogen-bond acceptors (Lipinski definition) is 5. The largest absolute Gasteiger partial charge is 0.480 e. The van der Waals surface area contributed by atoms with E-state index in [9.17, 15) is 19.5 Å². The van der Waals surface area contributed by atoms with Crippen molar-refractivity contribution >= 4 is 18.0 Å². The lowest BCUT2D eigenvalue weighted by atomic mass is 9.74. The Kier molecular flexibility index (Phi) is 6.23. The van der Waals surface area contributed by atoms with Gasteiger partial charge < -0.3 is 25.2 Å². The standard InChI is InChI=1S/C27H30N2O6/c30-23(28-27(24(31)32)12-14-34-15-13-27)16-26(10-5-11-26)29-25(33)35-17-22-20-8-3-1-6-18(20)19-7-2-4-9-21(19)22/h1-4,6-9,22H,5,10-17H2,(H,28,30)(H,29,33)(H,31,32). The monoisotopic (exact) mass is 478 g/mol. The molecule has 35 heavy (non-hydrogen) atoms. The van der Waals surface area contributed by atoms with Crippen molar-refractivity contribution in [2.24, 2.45) is 0 Å². The van der Waals surface area contributed by atoms with Gasteiger partial charge in [-0.2, -0.15) is 0 Å². The van der Waals surface area contributed by atoms with Crippen LogP contribution in [0.1, 0.15) is 55.6 Å². The number of alkyl carbamates (subject to hydrolysis) is 1. The molecule has 1 saturated heterocycles. The Morgan fingerprint density at radius 2 is 1.51 bits per heavy atom. The van der Waals surface area contributed by atoms with Gasteiger partial charge >= 0.3 is 12.1 Å². The first-order chi connectivity index (χ1) is 16.9. The Hall–Kier alpha value is -3.39. The summed E-state index contributed by atoms with van der Waals surface area (Å²) in [5.74, 6) is -1.48. The molecule has 5 rings (SSSR count). The van der Waals surface area contributed by atoms with E-state index in [0.717, 1.165) is 28.7 Å². The fraction of sp³-hybridized carbons (Fsp3) is 0.444. The molecule has 2 aromatic rings.